The Morgan fingerprint density at radius 2 is 1.57 bits per heavy atom. The van der Waals surface area contributed by atoms with Crippen molar-refractivity contribution in [3.05, 3.63) is 48.0 Å². The van der Waals surface area contributed by atoms with E-state index in [2.05, 4.69) is 10.0 Å². The van der Waals surface area contributed by atoms with Gasteiger partial charge in [-0.1, -0.05) is 25.5 Å². The molecule has 2 aromatic carbocycles. The van der Waals surface area contributed by atoms with Crippen LogP contribution < -0.4 is 15.2 Å². The number of benzene rings is 2. The highest BCUT2D eigenvalue weighted by molar-refractivity contribution is 7.92. The van der Waals surface area contributed by atoms with Gasteiger partial charge in [-0.05, 0) is 43.7 Å². The number of primary sulfonamides is 1. The monoisotopic (exact) mass is 425 g/mol. The molecular weight excluding hydrogens is 402 g/mol. The van der Waals surface area contributed by atoms with Gasteiger partial charge >= 0.3 is 0 Å². The van der Waals surface area contributed by atoms with Crippen LogP contribution in [0.25, 0.3) is 0 Å². The highest BCUT2D eigenvalue weighted by Crippen LogP contribution is 2.28. The number of nitrogens with two attached hydrogens (primary N) is 1. The molecule has 152 valence electrons. The van der Waals surface area contributed by atoms with Crippen molar-refractivity contribution >= 4 is 37.2 Å². The number of hydrogen-bond acceptors (Lipinski definition) is 6. The maximum absolute atomic E-state index is 12.7. The number of anilines is 2. The Morgan fingerprint density at radius 1 is 0.964 bits per heavy atom. The van der Waals surface area contributed by atoms with Gasteiger partial charge in [-0.3, -0.25) is 9.52 Å². The minimum atomic E-state index is -4.01. The number of carbonyl (C=O) groups is 1. The molecule has 0 unspecified atom stereocenters. The Bertz CT molecular complexity index is 1060. The average molecular weight is 426 g/mol. The number of hydrogen-bond donors (Lipinski definition) is 3. The van der Waals surface area contributed by atoms with E-state index < -0.39 is 20.0 Å². The Morgan fingerprint density at radius 3 is 2.11 bits per heavy atom. The Labute approximate surface area is 165 Å². The van der Waals surface area contributed by atoms with Crippen molar-refractivity contribution < 1.29 is 21.6 Å². The van der Waals surface area contributed by atoms with Crippen LogP contribution in [-0.4, -0.2) is 29.2 Å². The van der Waals surface area contributed by atoms with Crippen LogP contribution in [0.15, 0.2) is 52.3 Å². The number of carbonyl (C=O) groups excluding carboxylic acids is 1. The average Bonchev–Trinajstić information content (AvgIpc) is 2.62. The summed E-state index contributed by atoms with van der Waals surface area (Å²) in [6, 6.07) is 9.40. The van der Waals surface area contributed by atoms with E-state index in [1.807, 2.05) is 6.92 Å². The van der Waals surface area contributed by atoms with Crippen molar-refractivity contribution in [2.45, 2.75) is 36.5 Å². The third-order valence-corrected chi connectivity index (χ3v) is 6.27. The maximum atomic E-state index is 12.7. The quantitative estimate of drug-likeness (QED) is 0.417. The number of nitrogens with one attached hydrogen (secondary N) is 2. The van der Waals surface area contributed by atoms with Crippen molar-refractivity contribution in [3.63, 3.8) is 0 Å². The second-order valence-electron chi connectivity index (χ2n) is 6.22. The van der Waals surface area contributed by atoms with Gasteiger partial charge in [-0.2, -0.15) is 0 Å². The van der Waals surface area contributed by atoms with E-state index in [-0.39, 0.29) is 21.3 Å². The predicted molar refractivity (Wildman–Crippen MR) is 108 cm³/mol. The topological polar surface area (TPSA) is 135 Å². The number of unbranched alkanes of at least 4 members (excludes halogenated alkanes) is 1. The molecule has 0 aromatic heterocycles. The molecule has 2 rings (SSSR count). The van der Waals surface area contributed by atoms with Crippen LogP contribution in [0.2, 0.25) is 0 Å². The first-order chi connectivity index (χ1) is 13.0. The summed E-state index contributed by atoms with van der Waals surface area (Å²) in [6.07, 6.45) is 1.79. The van der Waals surface area contributed by atoms with Gasteiger partial charge in [0.2, 0.25) is 10.0 Å². The third kappa shape index (κ3) is 5.54. The molecule has 0 amide bonds. The minimum absolute atomic E-state index is 0.0574. The summed E-state index contributed by atoms with van der Waals surface area (Å²) in [7, 11) is -8.01. The molecule has 4 N–H and O–H groups in total. The fourth-order valence-electron chi connectivity index (χ4n) is 2.41. The molecule has 0 fully saturated rings. The second kappa shape index (κ2) is 8.72. The van der Waals surface area contributed by atoms with Crippen LogP contribution in [0.3, 0.4) is 0 Å². The lowest BCUT2D eigenvalue weighted by Gasteiger charge is -2.15. The van der Waals surface area contributed by atoms with Gasteiger partial charge in [0.25, 0.3) is 10.0 Å². The Kier molecular flexibility index (Phi) is 6.81. The standard InChI is InChI=1S/C18H23N3O5S2/c1-3-4-11-20-17-10-9-16(27(19,23)24)12-18(17)21-28(25,26)15-7-5-14(6-8-15)13(2)22/h5-10,12,20-21H,3-4,11H2,1-2H3,(H2,19,23,24). The molecule has 0 saturated carbocycles. The van der Waals surface area contributed by atoms with E-state index in [1.165, 1.54) is 49.4 Å². The number of ketones is 1. The molecule has 0 radical (unpaired) electrons. The maximum Gasteiger partial charge on any atom is 0.261 e. The first kappa shape index (κ1) is 21.9. The summed E-state index contributed by atoms with van der Waals surface area (Å²) >= 11 is 0. The van der Waals surface area contributed by atoms with Gasteiger partial charge in [0.15, 0.2) is 5.78 Å². The molecule has 0 aliphatic heterocycles. The molecule has 0 heterocycles. The van der Waals surface area contributed by atoms with Crippen molar-refractivity contribution in [2.75, 3.05) is 16.6 Å². The fraction of sp³-hybridized carbons (Fsp3) is 0.278. The van der Waals surface area contributed by atoms with E-state index in [0.717, 1.165) is 12.8 Å². The molecule has 0 atom stereocenters. The summed E-state index contributed by atoms with van der Waals surface area (Å²) in [6.45, 7) is 3.99. The third-order valence-electron chi connectivity index (χ3n) is 3.98. The lowest BCUT2D eigenvalue weighted by atomic mass is 10.2. The van der Waals surface area contributed by atoms with Crippen molar-refractivity contribution in [2.24, 2.45) is 5.14 Å². The van der Waals surface area contributed by atoms with Gasteiger partial charge < -0.3 is 5.32 Å². The molecule has 28 heavy (non-hydrogen) atoms. The first-order valence-electron chi connectivity index (χ1n) is 8.59. The zero-order valence-electron chi connectivity index (χ0n) is 15.6. The summed E-state index contributed by atoms with van der Waals surface area (Å²) in [5.41, 5.74) is 0.889. The van der Waals surface area contributed by atoms with Crippen molar-refractivity contribution in [3.8, 4) is 0 Å². The molecule has 0 spiro atoms. The first-order valence-corrected chi connectivity index (χ1v) is 11.6. The molecular formula is C18H23N3O5S2. The molecule has 8 nitrogen and oxygen atoms in total. The lowest BCUT2D eigenvalue weighted by molar-refractivity contribution is 0.101. The van der Waals surface area contributed by atoms with E-state index in [0.29, 0.717) is 17.8 Å². The largest absolute Gasteiger partial charge is 0.383 e. The summed E-state index contributed by atoms with van der Waals surface area (Å²) in [5.74, 6) is -0.180. The van der Waals surface area contributed by atoms with Gasteiger partial charge in [0, 0.05) is 12.1 Å². The molecule has 0 aliphatic carbocycles. The van der Waals surface area contributed by atoms with Crippen molar-refractivity contribution in [1.29, 1.82) is 0 Å². The SMILES string of the molecule is CCCCNc1ccc(S(N)(=O)=O)cc1NS(=O)(=O)c1ccc(C(C)=O)cc1. The molecule has 0 saturated heterocycles. The van der Waals surface area contributed by atoms with Crippen LogP contribution in [0.4, 0.5) is 11.4 Å². The number of sulfonamides is 2. The van der Waals surface area contributed by atoms with Crippen molar-refractivity contribution in [1.82, 2.24) is 0 Å². The van der Waals surface area contributed by atoms with Gasteiger partial charge in [0.05, 0.1) is 21.2 Å². The zero-order valence-corrected chi connectivity index (χ0v) is 17.2. The molecule has 0 bridgehead atoms. The van der Waals surface area contributed by atoms with Crippen LogP contribution in [0, 0.1) is 0 Å². The Balaban J connectivity index is 2.41. The van der Waals surface area contributed by atoms with E-state index in [9.17, 15) is 21.6 Å². The van der Waals surface area contributed by atoms with Gasteiger partial charge in [0.1, 0.15) is 0 Å². The Hall–Kier alpha value is -2.43. The number of Topliss-reactive ketones (excluding diaryl/α,β-unsaturated/α-hetero) is 1. The number of rotatable bonds is 9. The highest BCUT2D eigenvalue weighted by Gasteiger charge is 2.19. The lowest BCUT2D eigenvalue weighted by Crippen LogP contribution is -2.17. The minimum Gasteiger partial charge on any atom is -0.383 e. The normalized spacial score (nSPS) is 11.8. The van der Waals surface area contributed by atoms with Gasteiger partial charge in [-0.15, -0.1) is 0 Å². The fourth-order valence-corrected chi connectivity index (χ4v) is 4.02. The molecule has 2 aromatic rings. The van der Waals surface area contributed by atoms with Crippen LogP contribution in [-0.2, 0) is 20.0 Å². The van der Waals surface area contributed by atoms with Crippen LogP contribution >= 0.6 is 0 Å². The predicted octanol–water partition coefficient (Wildman–Crippen LogP) is 2.55. The van der Waals surface area contributed by atoms with Crippen LogP contribution in [0.5, 0.6) is 0 Å². The summed E-state index contributed by atoms with van der Waals surface area (Å²) in [4.78, 5) is 11.1. The van der Waals surface area contributed by atoms with E-state index >= 15 is 0 Å². The highest BCUT2D eigenvalue weighted by atomic mass is 32.2. The molecule has 10 heteroatoms. The smallest absolute Gasteiger partial charge is 0.261 e. The second-order valence-corrected chi connectivity index (χ2v) is 9.46. The van der Waals surface area contributed by atoms with Gasteiger partial charge in [-0.25, -0.2) is 22.0 Å². The summed E-state index contributed by atoms with van der Waals surface area (Å²) in [5, 5.41) is 8.24. The van der Waals surface area contributed by atoms with E-state index in [4.69, 9.17) is 5.14 Å². The van der Waals surface area contributed by atoms with Crippen LogP contribution in [0.1, 0.15) is 37.0 Å². The molecule has 0 aliphatic rings. The summed E-state index contributed by atoms with van der Waals surface area (Å²) < 4.78 is 51.1. The zero-order chi connectivity index (χ0) is 20.9. The van der Waals surface area contributed by atoms with E-state index in [1.54, 1.807) is 0 Å².